The van der Waals surface area contributed by atoms with Crippen LogP contribution in [0.3, 0.4) is 0 Å². The van der Waals surface area contributed by atoms with E-state index < -0.39 is 0 Å². The van der Waals surface area contributed by atoms with Gasteiger partial charge in [0.05, 0.1) is 0 Å². The normalized spacial score (nSPS) is 18.7. The summed E-state index contributed by atoms with van der Waals surface area (Å²) in [6.07, 6.45) is 1.27. The molecule has 2 unspecified atom stereocenters. The van der Waals surface area contributed by atoms with Gasteiger partial charge in [0.1, 0.15) is 6.10 Å². The Kier molecular flexibility index (Phi) is 5.91. The Morgan fingerprint density at radius 3 is 2.91 bits per heavy atom. The highest BCUT2D eigenvalue weighted by atomic mass is 16.5. The monoisotopic (exact) mass is 305 g/mol. The number of hydrogen-bond donors (Lipinski definition) is 3. The summed E-state index contributed by atoms with van der Waals surface area (Å²) in [4.78, 5) is 24.1. The van der Waals surface area contributed by atoms with E-state index in [9.17, 15) is 9.59 Å². The Morgan fingerprint density at radius 2 is 2.23 bits per heavy atom. The van der Waals surface area contributed by atoms with Crippen LogP contribution in [-0.4, -0.2) is 44.2 Å². The van der Waals surface area contributed by atoms with Gasteiger partial charge in [-0.05, 0) is 45.0 Å². The predicted octanol–water partition coefficient (Wildman–Crippen LogP) is 1.14. The van der Waals surface area contributed by atoms with Crippen LogP contribution in [-0.2, 0) is 9.53 Å². The van der Waals surface area contributed by atoms with Gasteiger partial charge in [-0.2, -0.15) is 0 Å². The fraction of sp³-hybridized carbons (Fsp3) is 0.500. The van der Waals surface area contributed by atoms with Gasteiger partial charge in [0.25, 0.3) is 11.8 Å². The van der Waals surface area contributed by atoms with Crippen LogP contribution in [0.1, 0.15) is 30.1 Å². The molecule has 1 aliphatic heterocycles. The number of carbonyl (C=O) groups is 2. The molecule has 2 amide bonds. The third kappa shape index (κ3) is 4.54. The van der Waals surface area contributed by atoms with Gasteiger partial charge >= 0.3 is 0 Å². The van der Waals surface area contributed by atoms with E-state index in [2.05, 4.69) is 16.0 Å². The number of hydrogen-bond acceptors (Lipinski definition) is 4. The van der Waals surface area contributed by atoms with E-state index in [4.69, 9.17) is 4.74 Å². The average Bonchev–Trinajstić information content (AvgIpc) is 3.07. The largest absolute Gasteiger partial charge is 0.368 e. The van der Waals surface area contributed by atoms with E-state index in [0.29, 0.717) is 24.4 Å². The van der Waals surface area contributed by atoms with E-state index in [0.717, 1.165) is 12.8 Å². The van der Waals surface area contributed by atoms with Gasteiger partial charge in [-0.3, -0.25) is 9.59 Å². The van der Waals surface area contributed by atoms with E-state index in [1.165, 1.54) is 0 Å². The van der Waals surface area contributed by atoms with Crippen molar-refractivity contribution in [1.29, 1.82) is 0 Å². The van der Waals surface area contributed by atoms with Crippen LogP contribution in [0.15, 0.2) is 24.3 Å². The second kappa shape index (κ2) is 7.91. The second-order valence-electron chi connectivity index (χ2n) is 5.47. The molecule has 2 rings (SSSR count). The number of likely N-dealkylation sites (N-methyl/N-ethyl adjacent to an activating group) is 1. The molecular weight excluding hydrogens is 282 g/mol. The summed E-state index contributed by atoms with van der Waals surface area (Å²) in [6.45, 7) is 3.16. The lowest BCUT2D eigenvalue weighted by Crippen LogP contribution is -2.37. The molecule has 1 aromatic rings. The smallest absolute Gasteiger partial charge is 0.253 e. The number of anilines is 1. The number of benzene rings is 1. The molecule has 1 fully saturated rings. The molecule has 22 heavy (non-hydrogen) atoms. The zero-order valence-corrected chi connectivity index (χ0v) is 13.0. The van der Waals surface area contributed by atoms with Crippen molar-refractivity contribution in [2.45, 2.75) is 31.9 Å². The highest BCUT2D eigenvalue weighted by Crippen LogP contribution is 2.16. The Hall–Kier alpha value is -1.92. The summed E-state index contributed by atoms with van der Waals surface area (Å²) in [5, 5.41) is 8.70. The van der Waals surface area contributed by atoms with Crippen LogP contribution in [0.4, 0.5) is 5.69 Å². The average molecular weight is 305 g/mol. The van der Waals surface area contributed by atoms with Gasteiger partial charge in [-0.15, -0.1) is 0 Å². The molecule has 1 heterocycles. The molecule has 2 atom stereocenters. The Labute approximate surface area is 130 Å². The van der Waals surface area contributed by atoms with Gasteiger partial charge < -0.3 is 20.7 Å². The molecule has 0 aromatic heterocycles. The van der Waals surface area contributed by atoms with Gasteiger partial charge in [0, 0.05) is 30.4 Å². The topological polar surface area (TPSA) is 79.5 Å². The lowest BCUT2D eigenvalue weighted by Gasteiger charge is -2.13. The molecule has 0 saturated carbocycles. The molecule has 1 aliphatic rings. The Balaban J connectivity index is 1.94. The Morgan fingerprint density at radius 1 is 1.41 bits per heavy atom. The van der Waals surface area contributed by atoms with Crippen LogP contribution in [0.2, 0.25) is 0 Å². The van der Waals surface area contributed by atoms with Crippen molar-refractivity contribution in [1.82, 2.24) is 10.6 Å². The van der Waals surface area contributed by atoms with Crippen LogP contribution in [0, 0.1) is 0 Å². The number of rotatable bonds is 6. The second-order valence-corrected chi connectivity index (χ2v) is 5.47. The predicted molar refractivity (Wildman–Crippen MR) is 84.9 cm³/mol. The summed E-state index contributed by atoms with van der Waals surface area (Å²) >= 11 is 0. The third-order valence-corrected chi connectivity index (χ3v) is 3.68. The molecule has 120 valence electrons. The molecule has 3 N–H and O–H groups in total. The minimum absolute atomic E-state index is 0.154. The number of ether oxygens (including phenoxy) is 1. The van der Waals surface area contributed by atoms with Crippen LogP contribution >= 0.6 is 0 Å². The molecule has 0 spiro atoms. The van der Waals surface area contributed by atoms with E-state index in [-0.39, 0.29) is 24.0 Å². The van der Waals surface area contributed by atoms with Gasteiger partial charge in [-0.25, -0.2) is 0 Å². The maximum Gasteiger partial charge on any atom is 0.253 e. The van der Waals surface area contributed by atoms with Crippen LogP contribution in [0.25, 0.3) is 0 Å². The third-order valence-electron chi connectivity index (χ3n) is 3.68. The lowest BCUT2D eigenvalue weighted by molar-refractivity contribution is -0.124. The van der Waals surface area contributed by atoms with Gasteiger partial charge in [0.2, 0.25) is 0 Å². The quantitative estimate of drug-likeness (QED) is 0.736. The fourth-order valence-electron chi connectivity index (χ4n) is 2.20. The highest BCUT2D eigenvalue weighted by molar-refractivity contribution is 5.98. The van der Waals surface area contributed by atoms with Crippen LogP contribution in [0.5, 0.6) is 0 Å². The summed E-state index contributed by atoms with van der Waals surface area (Å²) in [6, 6.07) is 7.11. The first kappa shape index (κ1) is 16.5. The molecule has 6 nitrogen and oxygen atoms in total. The molecule has 0 bridgehead atoms. The first-order valence-corrected chi connectivity index (χ1v) is 7.58. The lowest BCUT2D eigenvalue weighted by atomic mass is 10.1. The van der Waals surface area contributed by atoms with Crippen molar-refractivity contribution in [3.63, 3.8) is 0 Å². The summed E-state index contributed by atoms with van der Waals surface area (Å²) in [7, 11) is 1.85. The minimum atomic E-state index is -0.381. The molecule has 0 radical (unpaired) electrons. The summed E-state index contributed by atoms with van der Waals surface area (Å²) in [5.41, 5.74) is 1.13. The van der Waals surface area contributed by atoms with Crippen molar-refractivity contribution in [2.24, 2.45) is 0 Å². The van der Waals surface area contributed by atoms with Crippen LogP contribution < -0.4 is 16.0 Å². The van der Waals surface area contributed by atoms with E-state index in [1.807, 2.05) is 14.0 Å². The minimum Gasteiger partial charge on any atom is -0.368 e. The fourth-order valence-corrected chi connectivity index (χ4v) is 2.20. The first-order chi connectivity index (χ1) is 10.6. The number of nitrogens with one attached hydrogen (secondary N) is 3. The van der Waals surface area contributed by atoms with Crippen molar-refractivity contribution in [2.75, 3.05) is 25.5 Å². The van der Waals surface area contributed by atoms with E-state index in [1.54, 1.807) is 24.3 Å². The van der Waals surface area contributed by atoms with Crippen molar-refractivity contribution in [3.8, 4) is 0 Å². The highest BCUT2D eigenvalue weighted by Gasteiger charge is 2.23. The molecule has 0 aliphatic carbocycles. The maximum atomic E-state index is 12.1. The van der Waals surface area contributed by atoms with Crippen molar-refractivity contribution >= 4 is 17.5 Å². The summed E-state index contributed by atoms with van der Waals surface area (Å²) in [5.74, 6) is -0.311. The maximum absolute atomic E-state index is 12.1. The van der Waals surface area contributed by atoms with Gasteiger partial charge in [-0.1, -0.05) is 6.07 Å². The van der Waals surface area contributed by atoms with Gasteiger partial charge in [0.15, 0.2) is 0 Å². The molecule has 6 heteroatoms. The molecule has 1 saturated heterocycles. The molecule has 1 aromatic carbocycles. The van der Waals surface area contributed by atoms with Crippen molar-refractivity contribution in [3.05, 3.63) is 29.8 Å². The number of carbonyl (C=O) groups excluding carboxylic acids is 2. The van der Waals surface area contributed by atoms with Crippen molar-refractivity contribution < 1.29 is 14.3 Å². The first-order valence-electron chi connectivity index (χ1n) is 7.58. The SMILES string of the molecule is CNC(C)CNC(=O)c1cccc(NC(=O)C2CCCO2)c1. The standard InChI is InChI=1S/C16H23N3O3/c1-11(17-2)10-18-15(20)12-5-3-6-13(9-12)19-16(21)14-7-4-8-22-14/h3,5-6,9,11,14,17H,4,7-8,10H2,1-2H3,(H,18,20)(H,19,21). The zero-order valence-electron chi connectivity index (χ0n) is 13.0. The summed E-state index contributed by atoms with van der Waals surface area (Å²) < 4.78 is 5.34. The molecular formula is C16H23N3O3. The number of amides is 2. The zero-order chi connectivity index (χ0) is 15.9. The van der Waals surface area contributed by atoms with E-state index >= 15 is 0 Å². The Bertz CT molecular complexity index is 527.